The highest BCUT2D eigenvalue weighted by atomic mass is 35.5. The fourth-order valence-corrected chi connectivity index (χ4v) is 2.38. The zero-order chi connectivity index (χ0) is 13.5. The Labute approximate surface area is 119 Å². The maximum atomic E-state index is 12.1. The van der Waals surface area contributed by atoms with Crippen molar-refractivity contribution in [1.29, 1.82) is 0 Å². The van der Waals surface area contributed by atoms with Crippen molar-refractivity contribution in [2.45, 2.75) is 39.5 Å². The monoisotopic (exact) mass is 287 g/mol. The summed E-state index contributed by atoms with van der Waals surface area (Å²) in [6.45, 7) is 4.18. The second-order valence-corrected chi connectivity index (χ2v) is 5.23. The Morgan fingerprint density at radius 2 is 1.83 bits per heavy atom. The standard InChI is InChI=1S/C14H19Cl2NO/c1-3-5-10(6-4-2)14(18)17-13-8-7-11(15)9-12(13)16/h7-10H,3-6H2,1-2H3,(H,17,18). The first-order valence-electron chi connectivity index (χ1n) is 6.34. The molecule has 1 aromatic carbocycles. The molecule has 0 spiro atoms. The molecule has 0 radical (unpaired) electrons. The molecule has 1 aromatic rings. The minimum Gasteiger partial charge on any atom is -0.325 e. The SMILES string of the molecule is CCCC(CCC)C(=O)Nc1ccc(Cl)cc1Cl. The van der Waals surface area contributed by atoms with Crippen LogP contribution in [0.3, 0.4) is 0 Å². The largest absolute Gasteiger partial charge is 0.325 e. The van der Waals surface area contributed by atoms with Gasteiger partial charge in [0.15, 0.2) is 0 Å². The van der Waals surface area contributed by atoms with Gasteiger partial charge in [0.05, 0.1) is 10.7 Å². The first-order chi connectivity index (χ1) is 8.58. The molecule has 0 fully saturated rings. The van der Waals surface area contributed by atoms with Gasteiger partial charge in [-0.05, 0) is 31.0 Å². The van der Waals surface area contributed by atoms with Crippen molar-refractivity contribution in [3.8, 4) is 0 Å². The lowest BCUT2D eigenvalue weighted by molar-refractivity contribution is -0.120. The van der Waals surface area contributed by atoms with Crippen LogP contribution in [0.2, 0.25) is 10.0 Å². The molecule has 0 saturated carbocycles. The van der Waals surface area contributed by atoms with Gasteiger partial charge in [-0.15, -0.1) is 0 Å². The molecule has 1 amide bonds. The van der Waals surface area contributed by atoms with E-state index in [0.29, 0.717) is 15.7 Å². The Morgan fingerprint density at radius 1 is 1.22 bits per heavy atom. The van der Waals surface area contributed by atoms with E-state index in [9.17, 15) is 4.79 Å². The smallest absolute Gasteiger partial charge is 0.227 e. The Morgan fingerprint density at radius 3 is 2.33 bits per heavy atom. The van der Waals surface area contributed by atoms with Crippen molar-refractivity contribution in [1.82, 2.24) is 0 Å². The highest BCUT2D eigenvalue weighted by Crippen LogP contribution is 2.26. The number of anilines is 1. The third kappa shape index (κ3) is 4.51. The van der Waals surface area contributed by atoms with E-state index < -0.39 is 0 Å². The topological polar surface area (TPSA) is 29.1 Å². The molecule has 0 saturated heterocycles. The van der Waals surface area contributed by atoms with Crippen LogP contribution in [-0.4, -0.2) is 5.91 Å². The van der Waals surface area contributed by atoms with Gasteiger partial charge < -0.3 is 5.32 Å². The van der Waals surface area contributed by atoms with Gasteiger partial charge in [-0.25, -0.2) is 0 Å². The molecule has 0 heterocycles. The van der Waals surface area contributed by atoms with Gasteiger partial charge in [-0.3, -0.25) is 4.79 Å². The summed E-state index contributed by atoms with van der Waals surface area (Å²) < 4.78 is 0. The molecule has 0 aliphatic rings. The average molecular weight is 288 g/mol. The molecule has 100 valence electrons. The van der Waals surface area contributed by atoms with Gasteiger partial charge in [-0.2, -0.15) is 0 Å². The summed E-state index contributed by atoms with van der Waals surface area (Å²) in [4.78, 5) is 12.1. The molecular formula is C14H19Cl2NO. The number of amides is 1. The minimum atomic E-state index is 0.0444. The minimum absolute atomic E-state index is 0.0444. The number of hydrogen-bond donors (Lipinski definition) is 1. The quantitative estimate of drug-likeness (QED) is 0.770. The van der Waals surface area contributed by atoms with Crippen LogP contribution in [0.25, 0.3) is 0 Å². The third-order valence-electron chi connectivity index (χ3n) is 2.83. The highest BCUT2D eigenvalue weighted by Gasteiger charge is 2.17. The summed E-state index contributed by atoms with van der Waals surface area (Å²) in [7, 11) is 0. The van der Waals surface area contributed by atoms with Crippen molar-refractivity contribution in [2.24, 2.45) is 5.92 Å². The lowest BCUT2D eigenvalue weighted by atomic mass is 9.97. The summed E-state index contributed by atoms with van der Waals surface area (Å²) in [6.07, 6.45) is 3.83. The number of carbonyl (C=O) groups is 1. The first-order valence-corrected chi connectivity index (χ1v) is 7.10. The van der Waals surface area contributed by atoms with E-state index in [0.717, 1.165) is 25.7 Å². The maximum absolute atomic E-state index is 12.1. The second kappa shape index (κ2) is 7.65. The predicted molar refractivity (Wildman–Crippen MR) is 78.4 cm³/mol. The van der Waals surface area contributed by atoms with Crippen molar-refractivity contribution < 1.29 is 4.79 Å². The van der Waals surface area contributed by atoms with Crippen LogP contribution in [0.1, 0.15) is 39.5 Å². The van der Waals surface area contributed by atoms with Gasteiger partial charge in [0, 0.05) is 10.9 Å². The van der Waals surface area contributed by atoms with Gasteiger partial charge in [0.2, 0.25) is 5.91 Å². The molecule has 0 unspecified atom stereocenters. The highest BCUT2D eigenvalue weighted by molar-refractivity contribution is 6.36. The van der Waals surface area contributed by atoms with Crippen LogP contribution in [0.5, 0.6) is 0 Å². The Hall–Kier alpha value is -0.730. The zero-order valence-corrected chi connectivity index (χ0v) is 12.3. The molecular weight excluding hydrogens is 269 g/mol. The normalized spacial score (nSPS) is 10.7. The van der Waals surface area contributed by atoms with Gasteiger partial charge in [-0.1, -0.05) is 49.9 Å². The lowest BCUT2D eigenvalue weighted by Crippen LogP contribution is -2.22. The van der Waals surface area contributed by atoms with E-state index in [-0.39, 0.29) is 11.8 Å². The lowest BCUT2D eigenvalue weighted by Gasteiger charge is -2.16. The van der Waals surface area contributed by atoms with Gasteiger partial charge >= 0.3 is 0 Å². The molecule has 4 heteroatoms. The van der Waals surface area contributed by atoms with Crippen molar-refractivity contribution >= 4 is 34.8 Å². The molecule has 1 N–H and O–H groups in total. The summed E-state index contributed by atoms with van der Waals surface area (Å²) in [5.41, 5.74) is 0.628. The number of carbonyl (C=O) groups excluding carboxylic acids is 1. The number of benzene rings is 1. The molecule has 1 rings (SSSR count). The van der Waals surface area contributed by atoms with Gasteiger partial charge in [0.25, 0.3) is 0 Å². The summed E-state index contributed by atoms with van der Waals surface area (Å²) >= 11 is 11.9. The number of hydrogen-bond acceptors (Lipinski definition) is 1. The summed E-state index contributed by atoms with van der Waals surface area (Å²) in [6, 6.07) is 5.09. The molecule has 2 nitrogen and oxygen atoms in total. The Bertz CT molecular complexity index is 401. The van der Waals surface area contributed by atoms with E-state index in [1.165, 1.54) is 0 Å². The van der Waals surface area contributed by atoms with E-state index in [1.807, 2.05) is 0 Å². The third-order valence-corrected chi connectivity index (χ3v) is 3.38. The van der Waals surface area contributed by atoms with E-state index in [2.05, 4.69) is 19.2 Å². The molecule has 0 atom stereocenters. The van der Waals surface area contributed by atoms with Crippen LogP contribution in [-0.2, 0) is 4.79 Å². The molecule has 0 aromatic heterocycles. The number of nitrogens with one attached hydrogen (secondary N) is 1. The molecule has 0 bridgehead atoms. The fraction of sp³-hybridized carbons (Fsp3) is 0.500. The molecule has 0 aliphatic carbocycles. The van der Waals surface area contributed by atoms with Crippen LogP contribution >= 0.6 is 23.2 Å². The molecule has 0 aliphatic heterocycles. The van der Waals surface area contributed by atoms with Crippen LogP contribution in [0, 0.1) is 5.92 Å². The van der Waals surface area contributed by atoms with E-state index in [1.54, 1.807) is 18.2 Å². The predicted octanol–water partition coefficient (Wildman–Crippen LogP) is 5.15. The van der Waals surface area contributed by atoms with E-state index in [4.69, 9.17) is 23.2 Å². The number of halogens is 2. The second-order valence-electron chi connectivity index (χ2n) is 4.39. The van der Waals surface area contributed by atoms with Crippen LogP contribution in [0.15, 0.2) is 18.2 Å². The van der Waals surface area contributed by atoms with Crippen molar-refractivity contribution in [3.05, 3.63) is 28.2 Å². The fourth-order valence-electron chi connectivity index (χ4n) is 1.93. The first kappa shape index (κ1) is 15.3. The Balaban J connectivity index is 2.72. The van der Waals surface area contributed by atoms with Crippen molar-refractivity contribution in [3.63, 3.8) is 0 Å². The maximum Gasteiger partial charge on any atom is 0.227 e. The van der Waals surface area contributed by atoms with E-state index >= 15 is 0 Å². The average Bonchev–Trinajstić information content (AvgIpc) is 2.32. The Kier molecular flexibility index (Phi) is 6.51. The zero-order valence-electron chi connectivity index (χ0n) is 10.8. The van der Waals surface area contributed by atoms with Crippen LogP contribution in [0.4, 0.5) is 5.69 Å². The summed E-state index contributed by atoms with van der Waals surface area (Å²) in [5.74, 6) is 0.106. The number of rotatable bonds is 6. The summed E-state index contributed by atoms with van der Waals surface area (Å²) in [5, 5.41) is 3.92. The van der Waals surface area contributed by atoms with Crippen LogP contribution < -0.4 is 5.32 Å². The molecule has 18 heavy (non-hydrogen) atoms. The van der Waals surface area contributed by atoms with Gasteiger partial charge in [0.1, 0.15) is 0 Å². The van der Waals surface area contributed by atoms with Crippen molar-refractivity contribution in [2.75, 3.05) is 5.32 Å².